The van der Waals surface area contributed by atoms with Crippen LogP contribution >= 0.6 is 0 Å². The second-order valence-electron chi connectivity index (χ2n) is 5.29. The normalized spacial score (nSPS) is 14.3. The lowest BCUT2D eigenvalue weighted by Crippen LogP contribution is -2.34. The zero-order valence-corrected chi connectivity index (χ0v) is 12.4. The lowest BCUT2D eigenvalue weighted by atomic mass is 10.2. The van der Waals surface area contributed by atoms with E-state index in [0.717, 1.165) is 25.6 Å². The Labute approximate surface area is 120 Å². The molecule has 1 aromatic heterocycles. The fourth-order valence-electron chi connectivity index (χ4n) is 2.11. The molecule has 0 radical (unpaired) electrons. The number of anilines is 1. The Morgan fingerprint density at radius 3 is 2.95 bits per heavy atom. The third-order valence-corrected chi connectivity index (χ3v) is 3.52. The Bertz CT molecular complexity index is 445. The smallest absolute Gasteiger partial charge is 0.255 e. The summed E-state index contributed by atoms with van der Waals surface area (Å²) in [5.74, 6) is 0.614. The van der Waals surface area contributed by atoms with E-state index in [1.165, 1.54) is 12.8 Å². The fourth-order valence-corrected chi connectivity index (χ4v) is 2.11. The Balaban J connectivity index is 1.84. The maximum absolute atomic E-state index is 12.2. The van der Waals surface area contributed by atoms with Crippen molar-refractivity contribution in [1.29, 1.82) is 0 Å². The van der Waals surface area contributed by atoms with E-state index in [1.807, 2.05) is 6.07 Å². The van der Waals surface area contributed by atoms with Gasteiger partial charge in [0.15, 0.2) is 0 Å². The quantitative estimate of drug-likeness (QED) is 0.759. The van der Waals surface area contributed by atoms with E-state index in [0.29, 0.717) is 17.9 Å². The molecule has 2 rings (SSSR count). The molecule has 110 valence electrons. The number of nitrogens with one attached hydrogen (secondary N) is 2. The topological polar surface area (TPSA) is 57.3 Å². The van der Waals surface area contributed by atoms with Crippen LogP contribution in [-0.2, 0) is 0 Å². The van der Waals surface area contributed by atoms with Crippen LogP contribution in [-0.4, -0.2) is 48.5 Å². The van der Waals surface area contributed by atoms with Crippen LogP contribution in [0, 0.1) is 0 Å². The summed E-state index contributed by atoms with van der Waals surface area (Å²) < 4.78 is 0. The second kappa shape index (κ2) is 7.24. The van der Waals surface area contributed by atoms with E-state index in [2.05, 4.69) is 34.5 Å². The van der Waals surface area contributed by atoms with Crippen LogP contribution < -0.4 is 10.6 Å². The molecule has 0 aromatic carbocycles. The van der Waals surface area contributed by atoms with Crippen molar-refractivity contribution < 1.29 is 4.79 Å². The summed E-state index contributed by atoms with van der Waals surface area (Å²) in [6.45, 7) is 4.48. The van der Waals surface area contributed by atoms with Gasteiger partial charge >= 0.3 is 0 Å². The Morgan fingerprint density at radius 2 is 2.25 bits per heavy atom. The van der Waals surface area contributed by atoms with Crippen molar-refractivity contribution in [1.82, 2.24) is 15.2 Å². The number of carbonyl (C=O) groups excluding carboxylic acids is 1. The minimum atomic E-state index is -0.0547. The van der Waals surface area contributed by atoms with Crippen molar-refractivity contribution in [2.75, 3.05) is 32.0 Å². The summed E-state index contributed by atoms with van der Waals surface area (Å²) in [4.78, 5) is 18.7. The number of likely N-dealkylation sites (N-methyl/N-ethyl adjacent to an activating group) is 1. The largest absolute Gasteiger partial charge is 0.369 e. The highest BCUT2D eigenvalue weighted by Crippen LogP contribution is 2.24. The van der Waals surface area contributed by atoms with Crippen molar-refractivity contribution in [3.05, 3.63) is 23.9 Å². The molecule has 0 spiro atoms. The molecule has 5 heteroatoms. The summed E-state index contributed by atoms with van der Waals surface area (Å²) in [7, 11) is 2.11. The Hall–Kier alpha value is -1.62. The maximum Gasteiger partial charge on any atom is 0.255 e. The van der Waals surface area contributed by atoms with Gasteiger partial charge in [0, 0.05) is 31.9 Å². The molecule has 0 atom stereocenters. The van der Waals surface area contributed by atoms with Crippen LogP contribution in [0.5, 0.6) is 0 Å². The highest BCUT2D eigenvalue weighted by atomic mass is 16.1. The number of aromatic nitrogens is 1. The minimum absolute atomic E-state index is 0.0547. The number of amides is 1. The lowest BCUT2D eigenvalue weighted by Gasteiger charge is -2.16. The van der Waals surface area contributed by atoms with Crippen LogP contribution in [0.4, 0.5) is 5.82 Å². The molecule has 2 N–H and O–H groups in total. The van der Waals surface area contributed by atoms with Gasteiger partial charge in [-0.2, -0.15) is 0 Å². The van der Waals surface area contributed by atoms with Gasteiger partial charge in [-0.3, -0.25) is 4.79 Å². The average Bonchev–Trinajstić information content (AvgIpc) is 3.29. The van der Waals surface area contributed by atoms with Gasteiger partial charge in [-0.05, 0) is 38.4 Å². The Kier molecular flexibility index (Phi) is 5.35. The summed E-state index contributed by atoms with van der Waals surface area (Å²) >= 11 is 0. The first-order valence-corrected chi connectivity index (χ1v) is 7.39. The second-order valence-corrected chi connectivity index (χ2v) is 5.29. The zero-order chi connectivity index (χ0) is 14.4. The fraction of sp³-hybridized carbons (Fsp3) is 0.600. The zero-order valence-electron chi connectivity index (χ0n) is 12.4. The average molecular weight is 276 g/mol. The maximum atomic E-state index is 12.2. The number of hydrogen-bond donors (Lipinski definition) is 2. The van der Waals surface area contributed by atoms with Gasteiger partial charge in [0.2, 0.25) is 0 Å². The molecule has 20 heavy (non-hydrogen) atoms. The van der Waals surface area contributed by atoms with Crippen molar-refractivity contribution in [3.63, 3.8) is 0 Å². The van der Waals surface area contributed by atoms with Crippen LogP contribution in [0.15, 0.2) is 18.3 Å². The molecule has 1 aliphatic rings. The molecule has 0 saturated heterocycles. The number of carbonyl (C=O) groups is 1. The summed E-state index contributed by atoms with van der Waals surface area (Å²) in [5.41, 5.74) is 0.620. The summed E-state index contributed by atoms with van der Waals surface area (Å²) in [5, 5.41) is 6.16. The first-order valence-electron chi connectivity index (χ1n) is 7.39. The summed E-state index contributed by atoms with van der Waals surface area (Å²) in [6, 6.07) is 4.33. The number of rotatable bonds is 8. The van der Waals surface area contributed by atoms with Gasteiger partial charge in [0.25, 0.3) is 5.91 Å². The van der Waals surface area contributed by atoms with Gasteiger partial charge in [-0.1, -0.05) is 6.92 Å². The molecule has 5 nitrogen and oxygen atoms in total. The van der Waals surface area contributed by atoms with Gasteiger partial charge in [-0.25, -0.2) is 4.98 Å². The van der Waals surface area contributed by atoms with E-state index in [-0.39, 0.29) is 5.91 Å². The van der Waals surface area contributed by atoms with Crippen LogP contribution in [0.2, 0.25) is 0 Å². The molecule has 0 bridgehead atoms. The first-order chi connectivity index (χ1) is 9.72. The highest BCUT2D eigenvalue weighted by molar-refractivity contribution is 5.98. The molecule has 1 saturated carbocycles. The molecule has 1 amide bonds. The SMILES string of the molecule is CCCNc1ncccc1C(=O)NCCN(C)C1CC1. The lowest BCUT2D eigenvalue weighted by molar-refractivity contribution is 0.0950. The first kappa shape index (κ1) is 14.8. The number of hydrogen-bond acceptors (Lipinski definition) is 4. The van der Waals surface area contributed by atoms with Crippen molar-refractivity contribution in [2.24, 2.45) is 0 Å². The van der Waals surface area contributed by atoms with E-state index in [1.54, 1.807) is 12.3 Å². The van der Waals surface area contributed by atoms with E-state index in [9.17, 15) is 4.79 Å². The highest BCUT2D eigenvalue weighted by Gasteiger charge is 2.25. The molecule has 1 heterocycles. The monoisotopic (exact) mass is 276 g/mol. The van der Waals surface area contributed by atoms with Crippen LogP contribution in [0.25, 0.3) is 0 Å². The van der Waals surface area contributed by atoms with E-state index < -0.39 is 0 Å². The van der Waals surface area contributed by atoms with E-state index in [4.69, 9.17) is 0 Å². The molecule has 1 aromatic rings. The van der Waals surface area contributed by atoms with Crippen molar-refractivity contribution in [3.8, 4) is 0 Å². The number of nitrogens with zero attached hydrogens (tertiary/aromatic N) is 2. The minimum Gasteiger partial charge on any atom is -0.369 e. The predicted molar refractivity (Wildman–Crippen MR) is 81.0 cm³/mol. The van der Waals surface area contributed by atoms with Crippen molar-refractivity contribution >= 4 is 11.7 Å². The molecular weight excluding hydrogens is 252 g/mol. The molecule has 0 aliphatic heterocycles. The molecular formula is C15H24N4O. The standard InChI is InChI=1S/C15H24N4O/c1-3-8-16-14-13(5-4-9-17-14)15(20)18-10-11-19(2)12-6-7-12/h4-5,9,12H,3,6-8,10-11H2,1-2H3,(H,16,17)(H,18,20). The van der Waals surface area contributed by atoms with Gasteiger partial charge in [-0.15, -0.1) is 0 Å². The van der Waals surface area contributed by atoms with Crippen LogP contribution in [0.3, 0.4) is 0 Å². The van der Waals surface area contributed by atoms with E-state index >= 15 is 0 Å². The van der Waals surface area contributed by atoms with Gasteiger partial charge in [0.1, 0.15) is 5.82 Å². The predicted octanol–water partition coefficient (Wildman–Crippen LogP) is 1.73. The molecule has 1 fully saturated rings. The van der Waals surface area contributed by atoms with Crippen LogP contribution in [0.1, 0.15) is 36.5 Å². The summed E-state index contributed by atoms with van der Waals surface area (Å²) in [6.07, 6.45) is 5.29. The molecule has 0 unspecified atom stereocenters. The third kappa shape index (κ3) is 4.20. The molecule has 1 aliphatic carbocycles. The van der Waals surface area contributed by atoms with Crippen molar-refractivity contribution in [2.45, 2.75) is 32.2 Å². The third-order valence-electron chi connectivity index (χ3n) is 3.52. The number of pyridine rings is 1. The Morgan fingerprint density at radius 1 is 1.45 bits per heavy atom. The van der Waals surface area contributed by atoms with Gasteiger partial charge in [0.05, 0.1) is 5.56 Å². The van der Waals surface area contributed by atoms with Gasteiger partial charge < -0.3 is 15.5 Å².